The molecule has 0 bridgehead atoms. The molecule has 0 spiro atoms. The van der Waals surface area contributed by atoms with Crippen molar-refractivity contribution in [1.82, 2.24) is 0 Å². The van der Waals surface area contributed by atoms with Crippen molar-refractivity contribution in [1.29, 1.82) is 0 Å². The Morgan fingerprint density at radius 3 is 2.08 bits per heavy atom. The number of hydrogen-bond acceptors (Lipinski definition) is 0. The molecule has 6 heteroatoms. The van der Waals surface area contributed by atoms with Crippen LogP contribution < -0.4 is 0 Å². The normalized spacial score (nSPS) is 32.9. The third-order valence-electron chi connectivity index (χ3n) is 6.04. The van der Waals surface area contributed by atoms with E-state index in [-0.39, 0.29) is 25.2 Å². The van der Waals surface area contributed by atoms with Crippen LogP contribution in [0.4, 0.5) is 26.3 Å². The van der Waals surface area contributed by atoms with E-state index in [4.69, 9.17) is 0 Å². The minimum absolute atomic E-state index is 0.0513. The summed E-state index contributed by atoms with van der Waals surface area (Å²) in [6, 6.07) is 0. The fourth-order valence-electron chi connectivity index (χ4n) is 4.56. The van der Waals surface area contributed by atoms with Gasteiger partial charge in [-0.05, 0) is 56.8 Å². The topological polar surface area (TPSA) is 0 Å². The van der Waals surface area contributed by atoms with Gasteiger partial charge in [0, 0.05) is 0 Å². The highest BCUT2D eigenvalue weighted by Crippen LogP contribution is 2.47. The molecule has 0 aliphatic heterocycles. The fourth-order valence-corrected chi connectivity index (χ4v) is 4.56. The Morgan fingerprint density at radius 2 is 1.50 bits per heavy atom. The van der Waals surface area contributed by atoms with Gasteiger partial charge in [-0.15, -0.1) is 0 Å². The monoisotopic (exact) mass is 382 g/mol. The summed E-state index contributed by atoms with van der Waals surface area (Å²) in [5.41, 5.74) is 1.30. The van der Waals surface area contributed by atoms with Gasteiger partial charge in [0.25, 0.3) is 0 Å². The fraction of sp³-hybridized carbons (Fsp3) is 0.800. The molecule has 26 heavy (non-hydrogen) atoms. The van der Waals surface area contributed by atoms with Crippen molar-refractivity contribution < 1.29 is 26.3 Å². The van der Waals surface area contributed by atoms with Gasteiger partial charge in [0.2, 0.25) is 0 Å². The second kappa shape index (κ2) is 8.39. The summed E-state index contributed by atoms with van der Waals surface area (Å²) >= 11 is 0. The second-order valence-corrected chi connectivity index (χ2v) is 7.94. The largest absolute Gasteiger partial charge is 0.392 e. The SMILES string of the molecule is C=C1CC[C@H](C/C=C2\CC[C@H](CCC)C(C(F)(F)F)C2)C(C(F)(F)F)C1. The van der Waals surface area contributed by atoms with Crippen LogP contribution in [0.3, 0.4) is 0 Å². The lowest BCUT2D eigenvalue weighted by Crippen LogP contribution is -2.34. The van der Waals surface area contributed by atoms with E-state index in [1.165, 1.54) is 0 Å². The molecular formula is C20H28F6. The third kappa shape index (κ3) is 5.53. The van der Waals surface area contributed by atoms with Crippen molar-refractivity contribution in [2.24, 2.45) is 23.7 Å². The van der Waals surface area contributed by atoms with Crippen molar-refractivity contribution in [2.45, 2.75) is 77.1 Å². The van der Waals surface area contributed by atoms with Crippen LogP contribution in [0.25, 0.3) is 0 Å². The first-order valence-electron chi connectivity index (χ1n) is 9.50. The standard InChI is InChI=1S/C20H28F6/c1-3-4-15-9-6-14(12-18(15)20(24,25)26)7-10-16-8-5-13(2)11-17(16)19(21,22)23/h7,15-18H,2-6,8-12H2,1H3/b14-7+/t15-,16+,17?,18?/m0/s1. The van der Waals surface area contributed by atoms with Crippen molar-refractivity contribution in [3.05, 3.63) is 23.8 Å². The van der Waals surface area contributed by atoms with Crippen molar-refractivity contribution in [3.63, 3.8) is 0 Å². The maximum atomic E-state index is 13.4. The summed E-state index contributed by atoms with van der Waals surface area (Å²) in [7, 11) is 0. The molecule has 0 aromatic carbocycles. The average Bonchev–Trinajstić information content (AvgIpc) is 2.53. The molecule has 0 N–H and O–H groups in total. The van der Waals surface area contributed by atoms with Crippen LogP contribution in [0, 0.1) is 23.7 Å². The van der Waals surface area contributed by atoms with E-state index in [1.54, 1.807) is 6.08 Å². The number of alkyl halides is 6. The molecule has 0 radical (unpaired) electrons. The molecule has 0 aromatic heterocycles. The van der Waals surface area contributed by atoms with Crippen LogP contribution in [0.1, 0.15) is 64.7 Å². The van der Waals surface area contributed by atoms with E-state index >= 15 is 0 Å². The van der Waals surface area contributed by atoms with Crippen LogP contribution in [0.2, 0.25) is 0 Å². The molecule has 2 rings (SSSR count). The van der Waals surface area contributed by atoms with Crippen LogP contribution in [-0.2, 0) is 0 Å². The van der Waals surface area contributed by atoms with E-state index in [9.17, 15) is 26.3 Å². The van der Waals surface area contributed by atoms with Crippen molar-refractivity contribution in [3.8, 4) is 0 Å². The minimum Gasteiger partial charge on any atom is -0.171 e. The quantitative estimate of drug-likeness (QED) is 0.347. The summed E-state index contributed by atoms with van der Waals surface area (Å²) in [4.78, 5) is 0. The number of halogens is 6. The Labute approximate surface area is 151 Å². The molecule has 0 heterocycles. The van der Waals surface area contributed by atoms with E-state index in [1.807, 2.05) is 6.92 Å². The van der Waals surface area contributed by atoms with E-state index in [0.29, 0.717) is 43.3 Å². The maximum Gasteiger partial charge on any atom is 0.392 e. The molecule has 2 fully saturated rings. The molecule has 2 unspecified atom stereocenters. The zero-order chi connectivity index (χ0) is 19.5. The Kier molecular flexibility index (Phi) is 6.89. The Bertz CT molecular complexity index is 513. The summed E-state index contributed by atoms with van der Waals surface area (Å²) < 4.78 is 79.9. The van der Waals surface area contributed by atoms with Gasteiger partial charge in [0.05, 0.1) is 11.8 Å². The average molecular weight is 382 g/mol. The summed E-state index contributed by atoms with van der Waals surface area (Å²) in [5.74, 6) is -3.69. The maximum absolute atomic E-state index is 13.4. The number of allylic oxidation sites excluding steroid dienone is 3. The minimum atomic E-state index is -4.28. The predicted molar refractivity (Wildman–Crippen MR) is 90.5 cm³/mol. The van der Waals surface area contributed by atoms with Crippen LogP contribution in [0.15, 0.2) is 23.8 Å². The highest BCUT2D eigenvalue weighted by Gasteiger charge is 2.47. The molecule has 0 aromatic rings. The first kappa shape index (κ1) is 21.4. The van der Waals surface area contributed by atoms with Crippen LogP contribution in [0.5, 0.6) is 0 Å². The third-order valence-corrected chi connectivity index (χ3v) is 6.04. The Hall–Kier alpha value is -0.940. The van der Waals surface area contributed by atoms with Gasteiger partial charge in [0.15, 0.2) is 0 Å². The van der Waals surface area contributed by atoms with Gasteiger partial charge >= 0.3 is 12.4 Å². The van der Waals surface area contributed by atoms with Gasteiger partial charge in [-0.25, -0.2) is 0 Å². The molecule has 0 nitrogen and oxygen atoms in total. The molecule has 4 atom stereocenters. The predicted octanol–water partition coefficient (Wildman–Crippen LogP) is 7.62. The van der Waals surface area contributed by atoms with Crippen molar-refractivity contribution in [2.75, 3.05) is 0 Å². The summed E-state index contributed by atoms with van der Waals surface area (Å²) in [5, 5.41) is 0. The van der Waals surface area contributed by atoms with Gasteiger partial charge in [0.1, 0.15) is 0 Å². The lowest BCUT2D eigenvalue weighted by Gasteiger charge is -2.36. The molecule has 2 saturated carbocycles. The zero-order valence-corrected chi connectivity index (χ0v) is 15.2. The molecular weight excluding hydrogens is 354 g/mol. The first-order chi connectivity index (χ1) is 12.0. The summed E-state index contributed by atoms with van der Waals surface area (Å²) in [6.07, 6.45) is -3.41. The molecule has 0 amide bonds. The highest BCUT2D eigenvalue weighted by molar-refractivity contribution is 5.11. The van der Waals surface area contributed by atoms with Crippen LogP contribution in [-0.4, -0.2) is 12.4 Å². The smallest absolute Gasteiger partial charge is 0.171 e. The van der Waals surface area contributed by atoms with Gasteiger partial charge in [-0.1, -0.05) is 43.6 Å². The summed E-state index contributed by atoms with van der Waals surface area (Å²) in [6.45, 7) is 5.57. The van der Waals surface area contributed by atoms with Crippen LogP contribution >= 0.6 is 0 Å². The van der Waals surface area contributed by atoms with Gasteiger partial charge in [-0.2, -0.15) is 26.3 Å². The first-order valence-corrected chi connectivity index (χ1v) is 9.50. The van der Waals surface area contributed by atoms with E-state index in [0.717, 1.165) is 6.42 Å². The van der Waals surface area contributed by atoms with Gasteiger partial charge < -0.3 is 0 Å². The second-order valence-electron chi connectivity index (χ2n) is 7.94. The Morgan fingerprint density at radius 1 is 0.923 bits per heavy atom. The lowest BCUT2D eigenvalue weighted by atomic mass is 9.72. The van der Waals surface area contributed by atoms with E-state index < -0.39 is 30.1 Å². The number of rotatable bonds is 4. The van der Waals surface area contributed by atoms with E-state index in [2.05, 4.69) is 6.58 Å². The Balaban J connectivity index is 2.06. The van der Waals surface area contributed by atoms with Crippen molar-refractivity contribution >= 4 is 0 Å². The highest BCUT2D eigenvalue weighted by atomic mass is 19.4. The van der Waals surface area contributed by atoms with Gasteiger partial charge in [-0.3, -0.25) is 0 Å². The number of hydrogen-bond donors (Lipinski definition) is 0. The molecule has 0 saturated heterocycles. The zero-order valence-electron chi connectivity index (χ0n) is 15.2. The molecule has 2 aliphatic carbocycles. The lowest BCUT2D eigenvalue weighted by molar-refractivity contribution is -0.192. The molecule has 150 valence electrons. The molecule has 2 aliphatic rings.